The summed E-state index contributed by atoms with van der Waals surface area (Å²) in [5, 5.41) is 11.8. The van der Waals surface area contributed by atoms with Crippen LogP contribution in [0.15, 0.2) is 85.1 Å². The summed E-state index contributed by atoms with van der Waals surface area (Å²) in [5.74, 6) is -2.28. The zero-order chi connectivity index (χ0) is 66.1. The Morgan fingerprint density at radius 2 is 0.626 bits per heavy atom. The molecule has 9 nitrogen and oxygen atoms in total. The van der Waals surface area contributed by atoms with Gasteiger partial charge in [-0.05, 0) is 70.6 Å². The van der Waals surface area contributed by atoms with E-state index >= 15 is 0 Å². The largest absolute Gasteiger partial charge is 0.545 e. The van der Waals surface area contributed by atoms with Gasteiger partial charge in [-0.15, -0.1) is 0 Å². The number of ether oxygens (including phenoxy) is 4. The van der Waals surface area contributed by atoms with E-state index in [1.807, 2.05) is 21.1 Å². The van der Waals surface area contributed by atoms with Crippen LogP contribution in [0.25, 0.3) is 0 Å². The predicted molar refractivity (Wildman–Crippen MR) is 389 cm³/mol. The standard InChI is InChI=1S/C82H147NO8/c1-6-8-10-12-14-16-18-20-22-24-26-28-30-32-34-36-38-39-40-41-43-44-46-48-50-52-54-56-58-60-62-64-66-68-70-72-79(84)89-76-78(77-90-82(81(86)87)88-75-74-83(3,4)5)91-80(85)73-71-69-67-65-63-61-59-57-55-53-51-49-47-45-42-37-35-33-31-29-27-25-23-21-19-17-15-13-11-9-7-2/h9,11,15,17,21,23,27,29,33,35,42,45,49,51,78,82H,6-8,10,12-14,16,18-20,22,24-26,28,30-32,34,36-41,43-44,46-48,50,52-77H2,1-5H3/b11-9-,17-15-,23-21-,29-27-,35-33-,45-42-,51-49-. The number of carbonyl (C=O) groups is 3. The summed E-state index contributed by atoms with van der Waals surface area (Å²) in [7, 11) is 5.94. The molecule has 0 aromatic heterocycles. The molecule has 0 saturated heterocycles. The maximum Gasteiger partial charge on any atom is 0.306 e. The molecule has 0 spiro atoms. The van der Waals surface area contributed by atoms with E-state index in [2.05, 4.69) is 98.9 Å². The summed E-state index contributed by atoms with van der Waals surface area (Å²) in [6.07, 6.45) is 95.6. The van der Waals surface area contributed by atoms with Crippen molar-refractivity contribution >= 4 is 17.9 Å². The number of unbranched alkanes of at least 4 members (excludes halogenated alkanes) is 43. The summed E-state index contributed by atoms with van der Waals surface area (Å²) in [5.41, 5.74) is 0. The molecule has 0 aliphatic carbocycles. The number of rotatable bonds is 72. The van der Waals surface area contributed by atoms with Crippen LogP contribution in [0.1, 0.15) is 361 Å². The number of hydrogen-bond donors (Lipinski definition) is 0. The van der Waals surface area contributed by atoms with E-state index in [4.69, 9.17) is 18.9 Å². The number of carbonyl (C=O) groups excluding carboxylic acids is 3. The molecule has 0 saturated carbocycles. The Labute approximate surface area is 563 Å². The smallest absolute Gasteiger partial charge is 0.306 e. The van der Waals surface area contributed by atoms with Crippen LogP contribution in [0.4, 0.5) is 0 Å². The number of aliphatic carboxylic acids is 1. The zero-order valence-electron chi connectivity index (χ0n) is 60.5. The van der Waals surface area contributed by atoms with Gasteiger partial charge in [-0.2, -0.15) is 0 Å². The first-order valence-electron chi connectivity index (χ1n) is 38.7. The van der Waals surface area contributed by atoms with Crippen molar-refractivity contribution in [3.63, 3.8) is 0 Å². The Morgan fingerprint density at radius 3 is 0.934 bits per heavy atom. The average molecular weight is 1280 g/mol. The molecule has 2 unspecified atom stereocenters. The molecule has 528 valence electrons. The molecule has 0 rings (SSSR count). The first-order valence-corrected chi connectivity index (χ1v) is 38.7. The lowest BCUT2D eigenvalue weighted by atomic mass is 10.0. The van der Waals surface area contributed by atoms with Gasteiger partial charge >= 0.3 is 11.9 Å². The second-order valence-corrected chi connectivity index (χ2v) is 27.3. The molecule has 0 aliphatic heterocycles. The second-order valence-electron chi connectivity index (χ2n) is 27.3. The van der Waals surface area contributed by atoms with Crippen molar-refractivity contribution in [2.75, 3.05) is 47.5 Å². The Hall–Kier alpha value is -3.53. The first kappa shape index (κ1) is 87.5. The molecule has 0 aromatic carbocycles. The van der Waals surface area contributed by atoms with E-state index in [1.165, 1.54) is 238 Å². The van der Waals surface area contributed by atoms with Crippen LogP contribution >= 0.6 is 0 Å². The fourth-order valence-electron chi connectivity index (χ4n) is 11.3. The molecule has 0 fully saturated rings. The molecule has 9 heteroatoms. The van der Waals surface area contributed by atoms with Gasteiger partial charge in [-0.3, -0.25) is 9.59 Å². The minimum atomic E-state index is -1.63. The number of hydrogen-bond acceptors (Lipinski definition) is 8. The SMILES string of the molecule is CC/C=C\C/C=C\C/C=C\C/C=C\C/C=C\C/C=C\C/C=C\CCCCCCCCCCCC(=O)OC(COC(=O)CCCCCCCCCCCCCCCCCCCCCCCCCCCCCCCCCCCCC)COC(OCC[N+](C)(C)C)C(=O)[O-]. The van der Waals surface area contributed by atoms with E-state index < -0.39 is 24.3 Å². The van der Waals surface area contributed by atoms with E-state index in [0.29, 0.717) is 23.9 Å². The number of likely N-dealkylation sites (N-methyl/N-ethyl adjacent to an activating group) is 1. The van der Waals surface area contributed by atoms with Gasteiger partial charge < -0.3 is 33.3 Å². The van der Waals surface area contributed by atoms with Crippen molar-refractivity contribution in [2.24, 2.45) is 0 Å². The van der Waals surface area contributed by atoms with Gasteiger partial charge in [0.1, 0.15) is 13.2 Å². The lowest BCUT2D eigenvalue weighted by molar-refractivity contribution is -0.870. The van der Waals surface area contributed by atoms with Crippen molar-refractivity contribution in [3.05, 3.63) is 85.1 Å². The summed E-state index contributed by atoms with van der Waals surface area (Å²) in [4.78, 5) is 37.6. The van der Waals surface area contributed by atoms with Crippen LogP contribution in [0.2, 0.25) is 0 Å². The Morgan fingerprint density at radius 1 is 0.341 bits per heavy atom. The molecule has 0 heterocycles. The molecular formula is C82H147NO8. The highest BCUT2D eigenvalue weighted by atomic mass is 16.7. The molecule has 0 aromatic rings. The number of nitrogens with zero attached hydrogens (tertiary/aromatic N) is 1. The Bertz CT molecular complexity index is 1770. The first-order chi connectivity index (χ1) is 44.6. The molecule has 0 N–H and O–H groups in total. The number of esters is 2. The third-order valence-electron chi connectivity index (χ3n) is 17.2. The van der Waals surface area contributed by atoms with Crippen LogP contribution in [-0.2, 0) is 33.3 Å². The summed E-state index contributed by atoms with van der Waals surface area (Å²) in [6.45, 7) is 4.68. The lowest BCUT2D eigenvalue weighted by Crippen LogP contribution is -2.44. The maximum atomic E-state index is 13.0. The monoisotopic (exact) mass is 1270 g/mol. The average Bonchev–Trinajstić information content (AvgIpc) is 3.65. The molecule has 0 radical (unpaired) electrons. The highest BCUT2D eigenvalue weighted by Gasteiger charge is 2.22. The van der Waals surface area contributed by atoms with Gasteiger partial charge in [0.2, 0.25) is 0 Å². The van der Waals surface area contributed by atoms with Gasteiger partial charge in [0.25, 0.3) is 0 Å². The summed E-state index contributed by atoms with van der Waals surface area (Å²) in [6, 6.07) is 0. The van der Waals surface area contributed by atoms with E-state index in [0.717, 1.165) is 89.9 Å². The topological polar surface area (TPSA) is 111 Å². The van der Waals surface area contributed by atoms with Crippen molar-refractivity contribution in [2.45, 2.75) is 373 Å². The molecule has 0 bridgehead atoms. The van der Waals surface area contributed by atoms with Crippen molar-refractivity contribution in [3.8, 4) is 0 Å². The van der Waals surface area contributed by atoms with Crippen LogP contribution in [0.3, 0.4) is 0 Å². The van der Waals surface area contributed by atoms with E-state index in [-0.39, 0.29) is 32.2 Å². The van der Waals surface area contributed by atoms with Gasteiger partial charge in [-0.1, -0.05) is 362 Å². The van der Waals surface area contributed by atoms with Crippen LogP contribution < -0.4 is 5.11 Å². The van der Waals surface area contributed by atoms with Gasteiger partial charge in [0, 0.05) is 12.8 Å². The molecule has 2 atom stereocenters. The quantitative estimate of drug-likeness (QED) is 0.0195. The molecule has 91 heavy (non-hydrogen) atoms. The van der Waals surface area contributed by atoms with Gasteiger partial charge in [-0.25, -0.2) is 0 Å². The third-order valence-corrected chi connectivity index (χ3v) is 17.2. The zero-order valence-corrected chi connectivity index (χ0v) is 60.5. The van der Waals surface area contributed by atoms with Crippen LogP contribution in [0.5, 0.6) is 0 Å². The van der Waals surface area contributed by atoms with Crippen molar-refractivity contribution in [1.29, 1.82) is 0 Å². The van der Waals surface area contributed by atoms with E-state index in [9.17, 15) is 19.5 Å². The number of carboxylic acids is 1. The minimum absolute atomic E-state index is 0.145. The number of quaternary nitrogens is 1. The van der Waals surface area contributed by atoms with Gasteiger partial charge in [0.15, 0.2) is 12.4 Å². The summed E-state index contributed by atoms with van der Waals surface area (Å²) < 4.78 is 22.8. The fraction of sp³-hybridized carbons (Fsp3) is 0.793. The van der Waals surface area contributed by atoms with Crippen molar-refractivity contribution < 1.29 is 42.9 Å². The van der Waals surface area contributed by atoms with Crippen molar-refractivity contribution in [1.82, 2.24) is 0 Å². The maximum absolute atomic E-state index is 13.0. The van der Waals surface area contributed by atoms with E-state index in [1.54, 1.807) is 0 Å². The molecular weight excluding hydrogens is 1130 g/mol. The molecule has 0 aliphatic rings. The highest BCUT2D eigenvalue weighted by Crippen LogP contribution is 2.19. The number of allylic oxidation sites excluding steroid dienone is 14. The van der Waals surface area contributed by atoms with Crippen LogP contribution in [-0.4, -0.2) is 82.3 Å². The third kappa shape index (κ3) is 73.7. The second kappa shape index (κ2) is 72.3. The highest BCUT2D eigenvalue weighted by molar-refractivity contribution is 5.70. The minimum Gasteiger partial charge on any atom is -0.545 e. The predicted octanol–water partition coefficient (Wildman–Crippen LogP) is 23.3. The normalized spacial score (nSPS) is 13.1. The van der Waals surface area contributed by atoms with Gasteiger partial charge in [0.05, 0.1) is 40.3 Å². The number of carboxylic acid groups (broad SMARTS) is 1. The van der Waals surface area contributed by atoms with Crippen LogP contribution in [0, 0.1) is 0 Å². The Balaban J connectivity index is 4.04. The lowest BCUT2D eigenvalue weighted by Gasteiger charge is -2.26. The summed E-state index contributed by atoms with van der Waals surface area (Å²) >= 11 is 0. The Kier molecular flexibility index (Phi) is 69.5. The fourth-order valence-corrected chi connectivity index (χ4v) is 11.3. The molecule has 0 amide bonds.